The van der Waals surface area contributed by atoms with Gasteiger partial charge in [-0.1, -0.05) is 12.1 Å². The Morgan fingerprint density at radius 2 is 1.73 bits per heavy atom. The fourth-order valence-electron chi connectivity index (χ4n) is 2.60. The van der Waals surface area contributed by atoms with Crippen LogP contribution in [0, 0.1) is 12.7 Å². The van der Waals surface area contributed by atoms with Crippen LogP contribution in [0.4, 0.5) is 15.8 Å². The van der Waals surface area contributed by atoms with Crippen LogP contribution < -0.4 is 10.2 Å². The number of hydrogen-bond donors (Lipinski definition) is 1. The molecule has 3 rings (SSSR count). The molecule has 5 heteroatoms. The van der Waals surface area contributed by atoms with Crippen LogP contribution in [0.15, 0.2) is 60.9 Å². The number of rotatable bonds is 4. The number of aromatic nitrogens is 1. The minimum Gasteiger partial charge on any atom is -0.378 e. The largest absolute Gasteiger partial charge is 0.378 e. The smallest absolute Gasteiger partial charge is 0.257 e. The van der Waals surface area contributed by atoms with Gasteiger partial charge < -0.3 is 10.2 Å². The Balaban J connectivity index is 1.81. The van der Waals surface area contributed by atoms with Crippen LogP contribution >= 0.6 is 0 Å². The summed E-state index contributed by atoms with van der Waals surface area (Å²) in [5, 5.41) is 2.78. The van der Waals surface area contributed by atoms with Crippen LogP contribution in [-0.2, 0) is 0 Å². The Hall–Kier alpha value is -3.21. The second-order valence-corrected chi connectivity index (χ2v) is 6.32. The molecule has 0 aliphatic carbocycles. The summed E-state index contributed by atoms with van der Waals surface area (Å²) in [7, 11) is 3.97. The van der Waals surface area contributed by atoms with Crippen LogP contribution in [0.5, 0.6) is 0 Å². The highest BCUT2D eigenvalue weighted by Gasteiger charge is 2.10. The normalized spacial score (nSPS) is 10.5. The van der Waals surface area contributed by atoms with E-state index in [1.807, 2.05) is 43.3 Å². The minimum atomic E-state index is -0.298. The fraction of sp³-hybridized carbons (Fsp3) is 0.143. The van der Waals surface area contributed by atoms with E-state index in [2.05, 4.69) is 10.3 Å². The zero-order valence-electron chi connectivity index (χ0n) is 15.0. The zero-order chi connectivity index (χ0) is 18.7. The van der Waals surface area contributed by atoms with Crippen molar-refractivity contribution >= 4 is 17.3 Å². The van der Waals surface area contributed by atoms with Crippen LogP contribution in [0.2, 0.25) is 0 Å². The molecule has 0 aliphatic rings. The standard InChI is InChI=1S/C21H20FN3O/c1-14-10-18(6-9-20(14)22)24-21(26)17-11-16(12-23-13-17)15-4-7-19(8-5-15)25(2)3/h4-13H,1-3H3,(H,24,26). The van der Waals surface area contributed by atoms with E-state index >= 15 is 0 Å². The van der Waals surface area contributed by atoms with E-state index in [1.165, 1.54) is 18.3 Å². The fourth-order valence-corrected chi connectivity index (χ4v) is 2.60. The number of nitrogens with one attached hydrogen (secondary N) is 1. The average molecular weight is 349 g/mol. The second kappa shape index (κ2) is 7.35. The van der Waals surface area contributed by atoms with Crippen molar-refractivity contribution in [3.8, 4) is 11.1 Å². The van der Waals surface area contributed by atoms with Crippen molar-refractivity contribution in [2.75, 3.05) is 24.3 Å². The maximum Gasteiger partial charge on any atom is 0.257 e. The van der Waals surface area contributed by atoms with Gasteiger partial charge in [0.15, 0.2) is 0 Å². The summed E-state index contributed by atoms with van der Waals surface area (Å²) in [6.07, 6.45) is 3.24. The molecule has 0 atom stereocenters. The van der Waals surface area contributed by atoms with Gasteiger partial charge in [0, 0.05) is 43.4 Å². The Morgan fingerprint density at radius 3 is 2.38 bits per heavy atom. The van der Waals surface area contributed by atoms with Gasteiger partial charge in [0.2, 0.25) is 0 Å². The van der Waals surface area contributed by atoms with Gasteiger partial charge in [0.05, 0.1) is 5.56 Å². The zero-order valence-corrected chi connectivity index (χ0v) is 15.0. The lowest BCUT2D eigenvalue weighted by Gasteiger charge is -2.13. The molecule has 0 fully saturated rings. The molecule has 0 aliphatic heterocycles. The second-order valence-electron chi connectivity index (χ2n) is 6.32. The summed E-state index contributed by atoms with van der Waals surface area (Å²) in [6, 6.07) is 14.3. The van der Waals surface area contributed by atoms with Gasteiger partial charge in [-0.2, -0.15) is 0 Å². The van der Waals surface area contributed by atoms with Gasteiger partial charge in [0.1, 0.15) is 5.82 Å². The quantitative estimate of drug-likeness (QED) is 0.753. The van der Waals surface area contributed by atoms with E-state index < -0.39 is 0 Å². The molecule has 1 N–H and O–H groups in total. The number of halogens is 1. The molecule has 4 nitrogen and oxygen atoms in total. The van der Waals surface area contributed by atoms with E-state index in [-0.39, 0.29) is 11.7 Å². The third-order valence-electron chi connectivity index (χ3n) is 4.13. The average Bonchev–Trinajstić information content (AvgIpc) is 2.65. The highest BCUT2D eigenvalue weighted by atomic mass is 19.1. The summed E-state index contributed by atoms with van der Waals surface area (Å²) >= 11 is 0. The summed E-state index contributed by atoms with van der Waals surface area (Å²) in [4.78, 5) is 18.7. The van der Waals surface area contributed by atoms with E-state index in [0.717, 1.165) is 16.8 Å². The topological polar surface area (TPSA) is 45.2 Å². The number of amides is 1. The Labute approximate surface area is 152 Å². The first-order valence-electron chi connectivity index (χ1n) is 8.24. The number of pyridine rings is 1. The van der Waals surface area contributed by atoms with Gasteiger partial charge in [-0.05, 0) is 54.4 Å². The van der Waals surface area contributed by atoms with Crippen molar-refractivity contribution in [1.82, 2.24) is 4.98 Å². The van der Waals surface area contributed by atoms with Gasteiger partial charge in [-0.15, -0.1) is 0 Å². The summed E-state index contributed by atoms with van der Waals surface area (Å²) < 4.78 is 13.4. The minimum absolute atomic E-state index is 0.282. The molecule has 0 bridgehead atoms. The first kappa shape index (κ1) is 17.6. The number of aryl methyl sites for hydroxylation is 1. The van der Waals surface area contributed by atoms with Crippen molar-refractivity contribution < 1.29 is 9.18 Å². The molecular weight excluding hydrogens is 329 g/mol. The first-order valence-corrected chi connectivity index (χ1v) is 8.24. The molecule has 3 aromatic rings. The van der Waals surface area contributed by atoms with E-state index in [4.69, 9.17) is 0 Å². The third-order valence-corrected chi connectivity index (χ3v) is 4.13. The maximum atomic E-state index is 13.4. The number of anilines is 2. The molecule has 1 amide bonds. The van der Waals surface area contributed by atoms with Crippen molar-refractivity contribution in [1.29, 1.82) is 0 Å². The van der Waals surface area contributed by atoms with Crippen molar-refractivity contribution in [2.45, 2.75) is 6.92 Å². The number of nitrogens with zero attached hydrogens (tertiary/aromatic N) is 2. The van der Waals surface area contributed by atoms with Crippen molar-refractivity contribution in [3.63, 3.8) is 0 Å². The molecule has 26 heavy (non-hydrogen) atoms. The number of carbonyl (C=O) groups is 1. The number of benzene rings is 2. The van der Waals surface area contributed by atoms with Crippen molar-refractivity contribution in [3.05, 3.63) is 77.9 Å². The van der Waals surface area contributed by atoms with E-state index in [1.54, 1.807) is 25.3 Å². The highest BCUT2D eigenvalue weighted by molar-refractivity contribution is 6.04. The van der Waals surface area contributed by atoms with Crippen LogP contribution in [0.25, 0.3) is 11.1 Å². The number of hydrogen-bond acceptors (Lipinski definition) is 3. The van der Waals surface area contributed by atoms with Crippen LogP contribution in [0.3, 0.4) is 0 Å². The molecule has 0 saturated heterocycles. The first-order chi connectivity index (χ1) is 12.4. The molecule has 132 valence electrons. The summed E-state index contributed by atoms with van der Waals surface area (Å²) in [5.74, 6) is -0.580. The van der Waals surface area contributed by atoms with Gasteiger partial charge >= 0.3 is 0 Å². The predicted octanol–water partition coefficient (Wildman–Crippen LogP) is 4.51. The van der Waals surface area contributed by atoms with Crippen LogP contribution in [-0.4, -0.2) is 25.0 Å². The monoisotopic (exact) mass is 349 g/mol. The number of carbonyl (C=O) groups excluding carboxylic acids is 1. The van der Waals surface area contributed by atoms with E-state index in [9.17, 15) is 9.18 Å². The molecule has 0 radical (unpaired) electrons. The lowest BCUT2D eigenvalue weighted by molar-refractivity contribution is 0.102. The maximum absolute atomic E-state index is 13.4. The molecule has 0 unspecified atom stereocenters. The van der Waals surface area contributed by atoms with Crippen LogP contribution in [0.1, 0.15) is 15.9 Å². The highest BCUT2D eigenvalue weighted by Crippen LogP contribution is 2.23. The Morgan fingerprint density at radius 1 is 1.00 bits per heavy atom. The molecular formula is C21H20FN3O. The molecule has 0 spiro atoms. The SMILES string of the molecule is Cc1cc(NC(=O)c2cncc(-c3ccc(N(C)C)cc3)c2)ccc1F. The van der Waals surface area contributed by atoms with Gasteiger partial charge in [-0.25, -0.2) is 4.39 Å². The molecule has 1 aromatic heterocycles. The van der Waals surface area contributed by atoms with Gasteiger partial charge in [-0.3, -0.25) is 9.78 Å². The predicted molar refractivity (Wildman–Crippen MR) is 103 cm³/mol. The lowest BCUT2D eigenvalue weighted by atomic mass is 10.1. The Bertz CT molecular complexity index is 936. The lowest BCUT2D eigenvalue weighted by Crippen LogP contribution is -2.12. The Kier molecular flexibility index (Phi) is 4.98. The summed E-state index contributed by atoms with van der Waals surface area (Å²) in [5.41, 5.74) is 4.42. The molecule has 2 aromatic carbocycles. The van der Waals surface area contributed by atoms with Gasteiger partial charge in [0.25, 0.3) is 5.91 Å². The summed E-state index contributed by atoms with van der Waals surface area (Å²) in [6.45, 7) is 1.66. The molecule has 0 saturated carbocycles. The third kappa shape index (κ3) is 3.88. The molecule has 1 heterocycles. The van der Waals surface area contributed by atoms with Crippen molar-refractivity contribution in [2.24, 2.45) is 0 Å². The van der Waals surface area contributed by atoms with E-state index in [0.29, 0.717) is 16.8 Å².